The quantitative estimate of drug-likeness (QED) is 0.599. The molecule has 2 rings (SSSR count). The molecule has 0 aliphatic heterocycles. The molecule has 0 aliphatic carbocycles. The number of nitrogens with zero attached hydrogens (tertiary/aromatic N) is 3. The van der Waals surface area contributed by atoms with Crippen LogP contribution in [0.2, 0.25) is 0 Å². The zero-order chi connectivity index (χ0) is 13.1. The molecule has 18 heavy (non-hydrogen) atoms. The van der Waals surface area contributed by atoms with Crippen molar-refractivity contribution in [3.05, 3.63) is 35.9 Å². The molecule has 1 heterocycles. The fourth-order valence-corrected chi connectivity index (χ4v) is 2.26. The Hall–Kier alpha value is -1.38. The summed E-state index contributed by atoms with van der Waals surface area (Å²) in [5.41, 5.74) is 0.618. The molecule has 94 valence electrons. The van der Waals surface area contributed by atoms with Crippen molar-refractivity contribution in [2.24, 2.45) is 7.05 Å². The molecule has 1 aromatic carbocycles. The first-order valence-electron chi connectivity index (χ1n) is 5.19. The average molecular weight is 267 g/mol. The monoisotopic (exact) mass is 267 g/mol. The Morgan fingerprint density at radius 3 is 2.78 bits per heavy atom. The van der Waals surface area contributed by atoms with E-state index in [1.165, 1.54) is 23.9 Å². The van der Waals surface area contributed by atoms with Gasteiger partial charge in [0.1, 0.15) is 12.1 Å². The van der Waals surface area contributed by atoms with Crippen LogP contribution in [-0.2, 0) is 12.8 Å². The minimum absolute atomic E-state index is 0.139. The molecule has 0 fully saturated rings. The molecule has 1 aromatic heterocycles. The van der Waals surface area contributed by atoms with E-state index in [0.29, 0.717) is 16.5 Å². The van der Waals surface area contributed by atoms with E-state index in [0.717, 1.165) is 6.07 Å². The van der Waals surface area contributed by atoms with Crippen LogP contribution in [0.3, 0.4) is 0 Å². The molecule has 8 heteroatoms. The maximum absolute atomic E-state index is 13.7. The maximum atomic E-state index is 13.7. The SMILES string of the molecule is Cn1cnnc1SCc1ccc(B(O)O)cc1F. The molecule has 0 atom stereocenters. The summed E-state index contributed by atoms with van der Waals surface area (Å²) in [6, 6.07) is 4.14. The van der Waals surface area contributed by atoms with Gasteiger partial charge in [0, 0.05) is 12.8 Å². The van der Waals surface area contributed by atoms with Gasteiger partial charge in [-0.25, -0.2) is 4.39 Å². The van der Waals surface area contributed by atoms with Gasteiger partial charge in [-0.3, -0.25) is 0 Å². The van der Waals surface area contributed by atoms with Crippen LogP contribution in [0.5, 0.6) is 0 Å². The number of benzene rings is 1. The van der Waals surface area contributed by atoms with Crippen LogP contribution in [0, 0.1) is 5.82 Å². The summed E-state index contributed by atoms with van der Waals surface area (Å²) in [5.74, 6) is -0.0598. The number of rotatable bonds is 4. The van der Waals surface area contributed by atoms with Gasteiger partial charge in [0.25, 0.3) is 0 Å². The second kappa shape index (κ2) is 5.51. The van der Waals surface area contributed by atoms with E-state index < -0.39 is 12.9 Å². The van der Waals surface area contributed by atoms with Crippen LogP contribution >= 0.6 is 11.8 Å². The van der Waals surface area contributed by atoms with Crippen LogP contribution in [0.15, 0.2) is 29.7 Å². The lowest BCUT2D eigenvalue weighted by atomic mass is 9.80. The molecule has 0 spiro atoms. The summed E-state index contributed by atoms with van der Waals surface area (Å²) >= 11 is 1.36. The van der Waals surface area contributed by atoms with Crippen molar-refractivity contribution in [1.82, 2.24) is 14.8 Å². The van der Waals surface area contributed by atoms with E-state index in [1.807, 2.05) is 7.05 Å². The lowest BCUT2D eigenvalue weighted by Crippen LogP contribution is -2.30. The molecule has 0 amide bonds. The second-order valence-corrected chi connectivity index (χ2v) is 4.68. The zero-order valence-electron chi connectivity index (χ0n) is 9.62. The normalized spacial score (nSPS) is 10.7. The average Bonchev–Trinajstić information content (AvgIpc) is 2.73. The molecule has 0 aliphatic rings. The van der Waals surface area contributed by atoms with E-state index in [1.54, 1.807) is 10.9 Å². The van der Waals surface area contributed by atoms with E-state index in [-0.39, 0.29) is 5.46 Å². The van der Waals surface area contributed by atoms with Crippen molar-refractivity contribution in [3.63, 3.8) is 0 Å². The van der Waals surface area contributed by atoms with Crippen LogP contribution < -0.4 is 5.46 Å². The van der Waals surface area contributed by atoms with E-state index in [4.69, 9.17) is 10.0 Å². The van der Waals surface area contributed by atoms with Gasteiger partial charge in [-0.2, -0.15) is 0 Å². The Balaban J connectivity index is 2.08. The van der Waals surface area contributed by atoms with Gasteiger partial charge < -0.3 is 14.6 Å². The van der Waals surface area contributed by atoms with Gasteiger partial charge in [0.05, 0.1) is 0 Å². The Labute approximate surface area is 108 Å². The van der Waals surface area contributed by atoms with Crippen LogP contribution in [0.1, 0.15) is 5.56 Å². The van der Waals surface area contributed by atoms with E-state index in [2.05, 4.69) is 10.2 Å². The highest BCUT2D eigenvalue weighted by molar-refractivity contribution is 7.98. The lowest BCUT2D eigenvalue weighted by Gasteiger charge is -2.05. The van der Waals surface area contributed by atoms with Crippen molar-refractivity contribution in [3.8, 4) is 0 Å². The summed E-state index contributed by atoms with van der Waals surface area (Å²) in [4.78, 5) is 0. The summed E-state index contributed by atoms with van der Waals surface area (Å²) in [6.45, 7) is 0. The van der Waals surface area contributed by atoms with Gasteiger partial charge in [-0.05, 0) is 17.1 Å². The van der Waals surface area contributed by atoms with E-state index >= 15 is 0 Å². The molecule has 2 aromatic rings. The first-order chi connectivity index (χ1) is 8.58. The Bertz CT molecular complexity index is 550. The van der Waals surface area contributed by atoms with Crippen molar-refractivity contribution >= 4 is 24.3 Å². The largest absolute Gasteiger partial charge is 0.488 e. The standard InChI is InChI=1S/C10H11BFN3O2S/c1-15-6-13-14-10(15)18-5-7-2-3-8(11(16)17)4-9(7)12/h2-4,6,16-17H,5H2,1H3. The first-order valence-corrected chi connectivity index (χ1v) is 6.17. The van der Waals surface area contributed by atoms with Crippen molar-refractivity contribution in [1.29, 1.82) is 0 Å². The summed E-state index contributed by atoms with van der Waals surface area (Å²) in [7, 11) is 0.157. The number of aryl methyl sites for hydroxylation is 1. The van der Waals surface area contributed by atoms with Crippen LogP contribution in [0.4, 0.5) is 4.39 Å². The predicted molar refractivity (Wildman–Crippen MR) is 66.8 cm³/mol. The van der Waals surface area contributed by atoms with Gasteiger partial charge >= 0.3 is 7.12 Å². The lowest BCUT2D eigenvalue weighted by molar-refractivity contribution is 0.425. The highest BCUT2D eigenvalue weighted by Gasteiger charge is 2.14. The summed E-state index contributed by atoms with van der Waals surface area (Å²) < 4.78 is 15.4. The Kier molecular flexibility index (Phi) is 4.00. The van der Waals surface area contributed by atoms with Gasteiger partial charge in [-0.15, -0.1) is 10.2 Å². The third kappa shape index (κ3) is 2.89. The molecule has 2 N–H and O–H groups in total. The summed E-state index contributed by atoms with van der Waals surface area (Å²) in [6.07, 6.45) is 1.57. The number of thioether (sulfide) groups is 1. The Morgan fingerprint density at radius 2 is 2.22 bits per heavy atom. The minimum Gasteiger partial charge on any atom is -0.423 e. The fourth-order valence-electron chi connectivity index (χ4n) is 1.39. The number of aromatic nitrogens is 3. The van der Waals surface area contributed by atoms with Gasteiger partial charge in [0.2, 0.25) is 0 Å². The van der Waals surface area contributed by atoms with Crippen molar-refractivity contribution in [2.45, 2.75) is 10.9 Å². The van der Waals surface area contributed by atoms with Crippen LogP contribution in [-0.4, -0.2) is 31.9 Å². The molecular weight excluding hydrogens is 256 g/mol. The van der Waals surface area contributed by atoms with Crippen LogP contribution in [0.25, 0.3) is 0 Å². The number of hydrogen-bond acceptors (Lipinski definition) is 5. The fraction of sp³-hybridized carbons (Fsp3) is 0.200. The maximum Gasteiger partial charge on any atom is 0.488 e. The highest BCUT2D eigenvalue weighted by Crippen LogP contribution is 2.21. The molecule has 0 bridgehead atoms. The molecule has 0 radical (unpaired) electrons. The minimum atomic E-state index is -1.65. The van der Waals surface area contributed by atoms with E-state index in [9.17, 15) is 4.39 Å². The number of hydrogen-bond donors (Lipinski definition) is 2. The third-order valence-corrected chi connectivity index (χ3v) is 3.49. The molecule has 0 saturated carbocycles. The smallest absolute Gasteiger partial charge is 0.423 e. The predicted octanol–water partition coefficient (Wildman–Crippen LogP) is -0.0737. The first kappa shape index (κ1) is 13.1. The van der Waals surface area contributed by atoms with Crippen molar-refractivity contribution < 1.29 is 14.4 Å². The second-order valence-electron chi connectivity index (χ2n) is 3.74. The Morgan fingerprint density at radius 1 is 1.44 bits per heavy atom. The molecule has 5 nitrogen and oxygen atoms in total. The van der Waals surface area contributed by atoms with Gasteiger partial charge in [-0.1, -0.05) is 23.9 Å². The molecular formula is C10H11BFN3O2S. The topological polar surface area (TPSA) is 71.2 Å². The zero-order valence-corrected chi connectivity index (χ0v) is 10.4. The molecule has 0 saturated heterocycles. The summed E-state index contributed by atoms with van der Waals surface area (Å²) in [5, 5.41) is 26.1. The van der Waals surface area contributed by atoms with Crippen molar-refractivity contribution in [2.75, 3.05) is 0 Å². The highest BCUT2D eigenvalue weighted by atomic mass is 32.2. The van der Waals surface area contributed by atoms with Gasteiger partial charge in [0.15, 0.2) is 5.16 Å². The third-order valence-electron chi connectivity index (χ3n) is 2.40. The molecule has 0 unspecified atom stereocenters. The number of halogens is 1.